The number of nitrogens with zero attached hydrogens (tertiary/aromatic N) is 1. The molecular formula is C12H23NO. The Hall–Kier alpha value is -0.0800. The second-order valence-corrected chi connectivity index (χ2v) is 5.48. The molecule has 0 unspecified atom stereocenters. The van der Waals surface area contributed by atoms with Crippen molar-refractivity contribution in [3.8, 4) is 0 Å². The van der Waals surface area contributed by atoms with Crippen LogP contribution in [-0.2, 0) is 0 Å². The number of hydrogen-bond donors (Lipinski definition) is 1. The Morgan fingerprint density at radius 3 is 2.21 bits per heavy atom. The summed E-state index contributed by atoms with van der Waals surface area (Å²) in [7, 11) is 0. The highest BCUT2D eigenvalue weighted by molar-refractivity contribution is 4.95. The van der Waals surface area contributed by atoms with E-state index in [9.17, 15) is 5.11 Å². The lowest BCUT2D eigenvalue weighted by atomic mass is 9.81. The molecule has 1 saturated heterocycles. The Labute approximate surface area is 87.3 Å². The molecule has 0 bridgehead atoms. The van der Waals surface area contributed by atoms with Crippen molar-refractivity contribution in [3.63, 3.8) is 0 Å². The van der Waals surface area contributed by atoms with Gasteiger partial charge in [-0.05, 0) is 38.5 Å². The highest BCUT2D eigenvalue weighted by Gasteiger charge is 2.40. The molecule has 0 radical (unpaired) electrons. The van der Waals surface area contributed by atoms with E-state index in [-0.39, 0.29) is 5.60 Å². The zero-order valence-corrected chi connectivity index (χ0v) is 9.50. The first-order valence-corrected chi connectivity index (χ1v) is 6.07. The van der Waals surface area contributed by atoms with Crippen molar-refractivity contribution in [3.05, 3.63) is 0 Å². The molecule has 2 fully saturated rings. The number of hydrogen-bond acceptors (Lipinski definition) is 2. The third-order valence-electron chi connectivity index (χ3n) is 4.00. The molecule has 1 N–H and O–H groups in total. The van der Waals surface area contributed by atoms with E-state index in [1.807, 2.05) is 6.92 Å². The first-order chi connectivity index (χ1) is 6.61. The molecule has 0 aromatic carbocycles. The molecule has 14 heavy (non-hydrogen) atoms. The van der Waals surface area contributed by atoms with Gasteiger partial charge in [0.15, 0.2) is 0 Å². The number of rotatable bonds is 2. The molecule has 2 aliphatic rings. The van der Waals surface area contributed by atoms with Crippen molar-refractivity contribution < 1.29 is 5.11 Å². The molecule has 0 aromatic heterocycles. The predicted octanol–water partition coefficient (Wildman–Crippen LogP) is 2.02. The van der Waals surface area contributed by atoms with E-state index in [1.54, 1.807) is 0 Å². The topological polar surface area (TPSA) is 23.5 Å². The first-order valence-electron chi connectivity index (χ1n) is 6.07. The maximum absolute atomic E-state index is 9.67. The van der Waals surface area contributed by atoms with E-state index in [4.69, 9.17) is 0 Å². The molecule has 0 amide bonds. The van der Waals surface area contributed by atoms with Gasteiger partial charge in [-0.15, -0.1) is 0 Å². The zero-order chi connectivity index (χ0) is 10.2. The molecule has 2 nitrogen and oxygen atoms in total. The molecule has 1 saturated carbocycles. The third kappa shape index (κ3) is 2.12. The Kier molecular flexibility index (Phi) is 2.85. The Bertz CT molecular complexity index is 186. The zero-order valence-electron chi connectivity index (χ0n) is 9.50. The van der Waals surface area contributed by atoms with Crippen molar-refractivity contribution in [2.75, 3.05) is 13.1 Å². The highest BCUT2D eigenvalue weighted by Crippen LogP contribution is 2.33. The quantitative estimate of drug-likeness (QED) is 0.732. The maximum atomic E-state index is 9.67. The van der Waals surface area contributed by atoms with Gasteiger partial charge < -0.3 is 5.11 Å². The molecule has 1 heterocycles. The van der Waals surface area contributed by atoms with Crippen LogP contribution in [0.25, 0.3) is 0 Å². The fourth-order valence-electron chi connectivity index (χ4n) is 3.01. The van der Waals surface area contributed by atoms with E-state index in [2.05, 4.69) is 11.8 Å². The van der Waals surface area contributed by atoms with Gasteiger partial charge >= 0.3 is 0 Å². The summed E-state index contributed by atoms with van der Waals surface area (Å²) in [5.74, 6) is 0.980. The minimum absolute atomic E-state index is 0.387. The van der Waals surface area contributed by atoms with Gasteiger partial charge in [0.2, 0.25) is 0 Å². The maximum Gasteiger partial charge on any atom is 0.0872 e. The highest BCUT2D eigenvalue weighted by atomic mass is 16.3. The van der Waals surface area contributed by atoms with E-state index in [0.717, 1.165) is 25.0 Å². The van der Waals surface area contributed by atoms with Crippen LogP contribution in [0.15, 0.2) is 0 Å². The van der Waals surface area contributed by atoms with Gasteiger partial charge in [-0.3, -0.25) is 4.90 Å². The average molecular weight is 197 g/mol. The summed E-state index contributed by atoms with van der Waals surface area (Å²) < 4.78 is 0. The fraction of sp³-hybridized carbons (Fsp3) is 1.00. The van der Waals surface area contributed by atoms with Crippen molar-refractivity contribution >= 4 is 0 Å². The lowest BCUT2D eigenvalue weighted by Crippen LogP contribution is -2.63. The number of likely N-dealkylation sites (tertiary alicyclic amines) is 1. The van der Waals surface area contributed by atoms with E-state index in [1.165, 1.54) is 32.1 Å². The van der Waals surface area contributed by atoms with Crippen molar-refractivity contribution in [1.29, 1.82) is 0 Å². The van der Waals surface area contributed by atoms with Gasteiger partial charge in [0.1, 0.15) is 0 Å². The van der Waals surface area contributed by atoms with Crippen molar-refractivity contribution in [2.45, 2.75) is 57.6 Å². The van der Waals surface area contributed by atoms with Gasteiger partial charge in [0.25, 0.3) is 0 Å². The summed E-state index contributed by atoms with van der Waals surface area (Å²) in [4.78, 5) is 2.46. The van der Waals surface area contributed by atoms with Crippen LogP contribution in [0.1, 0.15) is 46.0 Å². The Morgan fingerprint density at radius 2 is 1.79 bits per heavy atom. The van der Waals surface area contributed by atoms with E-state index in [0.29, 0.717) is 0 Å². The second kappa shape index (κ2) is 3.82. The van der Waals surface area contributed by atoms with Crippen molar-refractivity contribution in [2.24, 2.45) is 5.92 Å². The minimum Gasteiger partial charge on any atom is -0.388 e. The van der Waals surface area contributed by atoms with E-state index >= 15 is 0 Å². The Morgan fingerprint density at radius 1 is 1.21 bits per heavy atom. The van der Waals surface area contributed by atoms with Gasteiger partial charge in [0.05, 0.1) is 5.60 Å². The van der Waals surface area contributed by atoms with Crippen LogP contribution in [-0.4, -0.2) is 34.7 Å². The van der Waals surface area contributed by atoms with Crippen molar-refractivity contribution in [1.82, 2.24) is 4.90 Å². The van der Waals surface area contributed by atoms with Crippen LogP contribution in [0.3, 0.4) is 0 Å². The monoisotopic (exact) mass is 197 g/mol. The molecule has 0 atom stereocenters. The number of β-amino-alcohol motifs (C(OH)–C–C–N with tert-alkyl or cyclic N) is 1. The second-order valence-electron chi connectivity index (χ2n) is 5.48. The molecule has 0 aromatic rings. The molecule has 2 rings (SSSR count). The fourth-order valence-corrected chi connectivity index (χ4v) is 3.01. The summed E-state index contributed by atoms with van der Waals surface area (Å²) in [5, 5.41) is 9.67. The number of aliphatic hydroxyl groups is 1. The van der Waals surface area contributed by atoms with Crippen LogP contribution in [0.5, 0.6) is 0 Å². The molecule has 82 valence electrons. The molecule has 1 aliphatic carbocycles. The van der Waals surface area contributed by atoms with Gasteiger partial charge in [-0.2, -0.15) is 0 Å². The predicted molar refractivity (Wildman–Crippen MR) is 58.2 cm³/mol. The van der Waals surface area contributed by atoms with Gasteiger partial charge in [-0.1, -0.05) is 13.3 Å². The average Bonchev–Trinajstić information content (AvgIpc) is 2.14. The normalized spacial score (nSPS) is 37.9. The third-order valence-corrected chi connectivity index (χ3v) is 4.00. The Balaban J connectivity index is 1.74. The molecular weight excluding hydrogens is 174 g/mol. The lowest BCUT2D eigenvalue weighted by molar-refractivity contribution is -0.109. The summed E-state index contributed by atoms with van der Waals surface area (Å²) in [6.07, 6.45) is 6.87. The smallest absolute Gasteiger partial charge is 0.0872 e. The largest absolute Gasteiger partial charge is 0.388 e. The summed E-state index contributed by atoms with van der Waals surface area (Å²) in [6, 6.07) is 0.776. The summed E-state index contributed by atoms with van der Waals surface area (Å²) in [5.41, 5.74) is -0.387. The summed E-state index contributed by atoms with van der Waals surface area (Å²) in [6.45, 7) is 6.05. The standard InChI is InChI=1S/C12H23NO/c1-3-10-4-6-11(7-5-10)13-8-12(2,14)9-13/h10-11,14H,3-9H2,1-2H3. The van der Waals surface area contributed by atoms with Crippen LogP contribution in [0, 0.1) is 5.92 Å². The van der Waals surface area contributed by atoms with E-state index < -0.39 is 0 Å². The van der Waals surface area contributed by atoms with Crippen LogP contribution >= 0.6 is 0 Å². The SMILES string of the molecule is CCC1CCC(N2CC(C)(O)C2)CC1. The first kappa shape index (κ1) is 10.4. The summed E-state index contributed by atoms with van der Waals surface area (Å²) >= 11 is 0. The van der Waals surface area contributed by atoms with Crippen LogP contribution in [0.2, 0.25) is 0 Å². The molecule has 0 spiro atoms. The minimum atomic E-state index is -0.387. The molecule has 2 heteroatoms. The lowest BCUT2D eigenvalue weighted by Gasteiger charge is -2.50. The molecule has 1 aliphatic heterocycles. The van der Waals surface area contributed by atoms with Crippen LogP contribution < -0.4 is 0 Å². The van der Waals surface area contributed by atoms with Gasteiger partial charge in [-0.25, -0.2) is 0 Å². The van der Waals surface area contributed by atoms with Gasteiger partial charge in [0, 0.05) is 19.1 Å². The van der Waals surface area contributed by atoms with Crippen LogP contribution in [0.4, 0.5) is 0 Å².